The van der Waals surface area contributed by atoms with Gasteiger partial charge in [-0.25, -0.2) is 17.9 Å². The van der Waals surface area contributed by atoms with Crippen LogP contribution in [0.25, 0.3) is 0 Å². The molecule has 0 spiro atoms. The van der Waals surface area contributed by atoms with Crippen molar-refractivity contribution in [1.29, 1.82) is 0 Å². The molecular formula is C16H21ClN4O3S2. The molecule has 0 bridgehead atoms. The summed E-state index contributed by atoms with van der Waals surface area (Å²) in [7, 11) is -1.97. The zero-order chi connectivity index (χ0) is 18.5. The molecule has 1 aliphatic heterocycles. The molecule has 1 unspecified atom stereocenters. The summed E-state index contributed by atoms with van der Waals surface area (Å²) in [6, 6.07) is 2.97. The third-order valence-electron chi connectivity index (χ3n) is 5.21. The van der Waals surface area contributed by atoms with Crippen molar-refractivity contribution in [2.75, 3.05) is 7.05 Å². The molecule has 0 aromatic carbocycles. The van der Waals surface area contributed by atoms with Gasteiger partial charge < -0.3 is 0 Å². The zero-order valence-electron chi connectivity index (χ0n) is 14.5. The third kappa shape index (κ3) is 3.37. The van der Waals surface area contributed by atoms with E-state index in [0.717, 1.165) is 17.2 Å². The quantitative estimate of drug-likeness (QED) is 0.748. The summed E-state index contributed by atoms with van der Waals surface area (Å²) in [4.78, 5) is 12.5. The fourth-order valence-electron chi connectivity index (χ4n) is 3.42. The lowest BCUT2D eigenvalue weighted by atomic mass is 10.1. The molecule has 1 saturated carbocycles. The summed E-state index contributed by atoms with van der Waals surface area (Å²) in [5.41, 5.74) is -0.0666. The Bertz CT molecular complexity index is 974. The molecule has 2 aromatic rings. The van der Waals surface area contributed by atoms with Crippen molar-refractivity contribution in [3.05, 3.63) is 32.8 Å². The Morgan fingerprint density at radius 2 is 2.08 bits per heavy atom. The van der Waals surface area contributed by atoms with E-state index in [1.54, 1.807) is 22.4 Å². The predicted molar refractivity (Wildman–Crippen MR) is 100 cm³/mol. The monoisotopic (exact) mass is 416 g/mol. The maximum atomic E-state index is 12.8. The standard InChI is InChI=1S/C16H21ClN4O3S2/c1-19(26(23,24)15-7-5-13(17)25-15)12-4-6-14-18-21(10-11-2-3-11)16(22)20(14)9-8-12/h5,7,11-12H,2-4,6,8-10H2,1H3. The lowest BCUT2D eigenvalue weighted by Gasteiger charge is -2.25. The van der Waals surface area contributed by atoms with E-state index in [2.05, 4.69) is 5.10 Å². The van der Waals surface area contributed by atoms with Gasteiger partial charge in [0.05, 0.1) is 4.34 Å². The maximum Gasteiger partial charge on any atom is 0.345 e. The average Bonchev–Trinajstić information content (AvgIpc) is 3.29. The van der Waals surface area contributed by atoms with Gasteiger partial charge >= 0.3 is 5.69 Å². The third-order valence-corrected chi connectivity index (χ3v) is 8.82. The lowest BCUT2D eigenvalue weighted by Crippen LogP contribution is -2.37. The highest BCUT2D eigenvalue weighted by Crippen LogP contribution is 2.31. The van der Waals surface area contributed by atoms with Gasteiger partial charge in [-0.3, -0.25) is 4.57 Å². The van der Waals surface area contributed by atoms with Crippen LogP contribution in [0.5, 0.6) is 0 Å². The summed E-state index contributed by atoms with van der Waals surface area (Å²) in [6.07, 6.45) is 4.19. The SMILES string of the molecule is CN(C1CCc2nn(CC3CC3)c(=O)n2CC1)S(=O)(=O)c1ccc(Cl)s1. The summed E-state index contributed by atoms with van der Waals surface area (Å²) in [5, 5.41) is 4.49. The Morgan fingerprint density at radius 3 is 2.73 bits per heavy atom. The summed E-state index contributed by atoms with van der Waals surface area (Å²) in [6.45, 7) is 1.20. The topological polar surface area (TPSA) is 77.2 Å². The second-order valence-corrected chi connectivity index (χ2v) is 11.0. The van der Waals surface area contributed by atoms with Crippen LogP contribution in [0.4, 0.5) is 0 Å². The van der Waals surface area contributed by atoms with E-state index >= 15 is 0 Å². The second-order valence-electron chi connectivity index (χ2n) is 7.04. The van der Waals surface area contributed by atoms with Gasteiger partial charge in [0.25, 0.3) is 10.0 Å². The number of aromatic nitrogens is 3. The summed E-state index contributed by atoms with van der Waals surface area (Å²) >= 11 is 6.95. The van der Waals surface area contributed by atoms with Gasteiger partial charge in [0.2, 0.25) is 0 Å². The van der Waals surface area contributed by atoms with Gasteiger partial charge in [0.1, 0.15) is 10.0 Å². The van der Waals surface area contributed by atoms with Crippen LogP contribution >= 0.6 is 22.9 Å². The molecule has 0 radical (unpaired) electrons. The van der Waals surface area contributed by atoms with E-state index in [1.807, 2.05) is 0 Å². The van der Waals surface area contributed by atoms with Crippen LogP contribution < -0.4 is 5.69 Å². The molecule has 0 amide bonds. The van der Waals surface area contributed by atoms with E-state index in [-0.39, 0.29) is 15.9 Å². The molecule has 2 aliphatic rings. The molecule has 142 valence electrons. The Hall–Kier alpha value is -1.16. The van der Waals surface area contributed by atoms with E-state index in [4.69, 9.17) is 11.6 Å². The highest BCUT2D eigenvalue weighted by molar-refractivity contribution is 7.91. The van der Waals surface area contributed by atoms with Gasteiger partial charge in [-0.15, -0.1) is 11.3 Å². The minimum absolute atomic E-state index is 0.0666. The first-order valence-corrected chi connectivity index (χ1v) is 11.4. The molecule has 1 aliphatic carbocycles. The van der Waals surface area contributed by atoms with Crippen LogP contribution in [0, 0.1) is 5.92 Å². The van der Waals surface area contributed by atoms with Crippen molar-refractivity contribution in [3.63, 3.8) is 0 Å². The number of thiophene rings is 1. The number of hydrogen-bond acceptors (Lipinski definition) is 5. The van der Waals surface area contributed by atoms with Crippen molar-refractivity contribution < 1.29 is 8.42 Å². The van der Waals surface area contributed by atoms with Crippen LogP contribution in [-0.4, -0.2) is 40.2 Å². The Morgan fingerprint density at radius 1 is 1.31 bits per heavy atom. The van der Waals surface area contributed by atoms with Gasteiger partial charge in [0, 0.05) is 32.6 Å². The first kappa shape index (κ1) is 18.2. The molecule has 1 fully saturated rings. The first-order chi connectivity index (χ1) is 12.4. The minimum Gasteiger partial charge on any atom is -0.279 e. The van der Waals surface area contributed by atoms with E-state index < -0.39 is 10.0 Å². The van der Waals surface area contributed by atoms with Crippen LogP contribution in [0.3, 0.4) is 0 Å². The van der Waals surface area contributed by atoms with Crippen LogP contribution in [0.15, 0.2) is 21.1 Å². The Kier molecular flexibility index (Phi) is 4.75. The molecule has 4 rings (SSSR count). The molecular weight excluding hydrogens is 396 g/mol. The van der Waals surface area contributed by atoms with E-state index in [0.29, 0.717) is 42.6 Å². The number of fused-ring (bicyclic) bond motifs is 1. The number of hydrogen-bond donors (Lipinski definition) is 0. The van der Waals surface area contributed by atoms with Crippen molar-refractivity contribution in [1.82, 2.24) is 18.7 Å². The predicted octanol–water partition coefficient (Wildman–Crippen LogP) is 2.20. The van der Waals surface area contributed by atoms with E-state index in [9.17, 15) is 13.2 Å². The smallest absolute Gasteiger partial charge is 0.279 e. The van der Waals surface area contributed by atoms with Crippen molar-refractivity contribution in [2.24, 2.45) is 5.92 Å². The molecule has 26 heavy (non-hydrogen) atoms. The fourth-order valence-corrected chi connectivity index (χ4v) is 6.50. The first-order valence-electron chi connectivity index (χ1n) is 8.76. The van der Waals surface area contributed by atoms with Crippen LogP contribution in [0.2, 0.25) is 4.34 Å². The van der Waals surface area contributed by atoms with Gasteiger partial charge in [-0.05, 0) is 43.7 Å². The normalized spacial score (nSPS) is 21.0. The minimum atomic E-state index is -3.58. The molecule has 10 heteroatoms. The number of aryl methyl sites for hydroxylation is 1. The molecule has 0 N–H and O–H groups in total. The molecule has 7 nitrogen and oxygen atoms in total. The number of halogens is 1. The molecule has 0 saturated heterocycles. The number of sulfonamides is 1. The van der Waals surface area contributed by atoms with Crippen molar-refractivity contribution in [2.45, 2.75) is 55.4 Å². The van der Waals surface area contributed by atoms with E-state index in [1.165, 1.54) is 23.2 Å². The molecule has 2 aromatic heterocycles. The lowest BCUT2D eigenvalue weighted by molar-refractivity contribution is 0.329. The number of nitrogens with zero attached hydrogens (tertiary/aromatic N) is 4. The van der Waals surface area contributed by atoms with Crippen molar-refractivity contribution in [3.8, 4) is 0 Å². The highest BCUT2D eigenvalue weighted by Gasteiger charge is 2.32. The summed E-state index contributed by atoms with van der Waals surface area (Å²) < 4.78 is 31.0. The van der Waals surface area contributed by atoms with Gasteiger partial charge in [-0.1, -0.05) is 11.6 Å². The maximum absolute atomic E-state index is 12.8. The van der Waals surface area contributed by atoms with Crippen LogP contribution in [0.1, 0.15) is 31.5 Å². The average molecular weight is 417 g/mol. The Labute approximate surface area is 161 Å². The molecule has 1 atom stereocenters. The fraction of sp³-hybridized carbons (Fsp3) is 0.625. The van der Waals surface area contributed by atoms with Gasteiger partial charge in [-0.2, -0.15) is 9.40 Å². The molecule has 3 heterocycles. The second kappa shape index (κ2) is 6.78. The number of rotatable bonds is 5. The van der Waals surface area contributed by atoms with Crippen LogP contribution in [-0.2, 0) is 29.5 Å². The Balaban J connectivity index is 1.51. The van der Waals surface area contributed by atoms with Gasteiger partial charge in [0.15, 0.2) is 0 Å². The largest absolute Gasteiger partial charge is 0.345 e. The highest BCUT2D eigenvalue weighted by atomic mass is 35.5. The zero-order valence-corrected chi connectivity index (χ0v) is 16.9. The van der Waals surface area contributed by atoms with Crippen molar-refractivity contribution >= 4 is 33.0 Å². The summed E-state index contributed by atoms with van der Waals surface area (Å²) in [5.74, 6) is 1.36.